The number of methoxy groups -OCH3 is 2. The molecule has 1 aliphatic carbocycles. The average molecular weight is 1070 g/mol. The summed E-state index contributed by atoms with van der Waals surface area (Å²) < 4.78 is 41.3. The number of rotatable bonds is 15. The summed E-state index contributed by atoms with van der Waals surface area (Å²) in [7, 11) is 2.94. The fourth-order valence-corrected chi connectivity index (χ4v) is 11.0. The second-order valence-electron chi connectivity index (χ2n) is 21.8. The van der Waals surface area contributed by atoms with Crippen LogP contribution in [-0.4, -0.2) is 164 Å². The largest absolute Gasteiger partial charge is 0.460 e. The third kappa shape index (κ3) is 19.6. The molecule has 15 atom stereocenters. The number of cyclic esters (lactones) is 1. The lowest BCUT2D eigenvalue weighted by molar-refractivity contribution is -0.266. The molecule has 0 spiro atoms. The molecule has 0 radical (unpaired) electrons. The molecule has 3 N–H and O–H groups in total. The number of ketones is 3. The minimum Gasteiger partial charge on any atom is -0.460 e. The fraction of sp³-hybridized carbons (Fsp3) is 0.772. The minimum absolute atomic E-state index is 0.0233. The number of amides is 1. The lowest BCUT2D eigenvalue weighted by atomic mass is 9.78. The van der Waals surface area contributed by atoms with Gasteiger partial charge in [0.2, 0.25) is 17.5 Å². The number of nitrogens with zero attached hydrogens (tertiary/aromatic N) is 4. The van der Waals surface area contributed by atoms with Crippen molar-refractivity contribution in [2.45, 2.75) is 186 Å². The third-order valence-electron chi connectivity index (χ3n) is 15.8. The average Bonchev–Trinajstić information content (AvgIpc) is 3.39. The number of ether oxygens (including phenoxy) is 7. The van der Waals surface area contributed by atoms with Gasteiger partial charge in [0.15, 0.2) is 5.78 Å². The number of carbonyl (C=O) groups excluding carboxylic acids is 5. The van der Waals surface area contributed by atoms with Crippen molar-refractivity contribution >= 4 is 29.2 Å². The van der Waals surface area contributed by atoms with Gasteiger partial charge in [-0.3, -0.25) is 19.2 Å². The van der Waals surface area contributed by atoms with E-state index in [1.807, 2.05) is 51.2 Å². The number of piperidine rings is 1. The van der Waals surface area contributed by atoms with Gasteiger partial charge in [0.1, 0.15) is 30.1 Å². The molecule has 428 valence electrons. The summed E-state index contributed by atoms with van der Waals surface area (Å²) >= 11 is 0. The zero-order valence-corrected chi connectivity index (χ0v) is 46.7. The second-order valence-corrected chi connectivity index (χ2v) is 21.8. The Kier molecular flexibility index (Phi) is 27.7. The van der Waals surface area contributed by atoms with Gasteiger partial charge in [-0.1, -0.05) is 76.2 Å². The van der Waals surface area contributed by atoms with Gasteiger partial charge in [-0.15, -0.1) is 0 Å². The summed E-state index contributed by atoms with van der Waals surface area (Å²) in [6, 6.07) is -1.05. The van der Waals surface area contributed by atoms with E-state index in [4.69, 9.17) is 38.7 Å². The van der Waals surface area contributed by atoms with Crippen molar-refractivity contribution in [2.75, 3.05) is 60.3 Å². The number of aliphatic hydroxyl groups excluding tert-OH is 2. The molecule has 19 nitrogen and oxygen atoms in total. The molecular formula is C57H90N4O15. The Labute approximate surface area is 450 Å². The van der Waals surface area contributed by atoms with Crippen molar-refractivity contribution in [1.82, 2.24) is 4.90 Å². The third-order valence-corrected chi connectivity index (χ3v) is 15.8. The Morgan fingerprint density at radius 1 is 0.868 bits per heavy atom. The number of allylic oxidation sites excluding steroid dienone is 6. The first-order valence-electron chi connectivity index (χ1n) is 27.6. The maximum atomic E-state index is 14.5. The lowest BCUT2D eigenvalue weighted by Crippen LogP contribution is -2.56. The van der Waals surface area contributed by atoms with E-state index in [-0.39, 0.29) is 87.6 Å². The number of aliphatic hydroxyl groups is 3. The molecular weight excluding hydrogens is 981 g/mol. The number of hydrogen-bond donors (Lipinski definition) is 3. The van der Waals surface area contributed by atoms with Gasteiger partial charge in [-0.25, -0.2) is 4.79 Å². The van der Waals surface area contributed by atoms with E-state index in [0.29, 0.717) is 70.2 Å². The highest BCUT2D eigenvalue weighted by Crippen LogP contribution is 2.38. The van der Waals surface area contributed by atoms with Gasteiger partial charge < -0.3 is 53.4 Å². The lowest BCUT2D eigenvalue weighted by Gasteiger charge is -2.42. The van der Waals surface area contributed by atoms with Crippen molar-refractivity contribution < 1.29 is 72.5 Å². The molecule has 19 heteroatoms. The summed E-state index contributed by atoms with van der Waals surface area (Å²) in [6.45, 7) is 14.4. The quantitative estimate of drug-likeness (QED) is 0.0277. The molecule has 1 unspecified atom stereocenters. The maximum Gasteiger partial charge on any atom is 0.329 e. The van der Waals surface area contributed by atoms with E-state index >= 15 is 0 Å². The number of esters is 1. The summed E-state index contributed by atoms with van der Waals surface area (Å²) in [6.07, 6.45) is 10.3. The molecule has 1 saturated carbocycles. The minimum atomic E-state index is -2.29. The molecule has 3 heterocycles. The van der Waals surface area contributed by atoms with Crippen molar-refractivity contribution in [2.24, 2.45) is 40.6 Å². The number of fused-ring (bicyclic) bond motifs is 3. The number of hydrogen-bond acceptors (Lipinski definition) is 16. The predicted octanol–water partition coefficient (Wildman–Crippen LogP) is 7.28. The van der Waals surface area contributed by atoms with Crippen LogP contribution in [0, 0.1) is 35.5 Å². The number of carbonyl (C=O) groups is 5. The van der Waals surface area contributed by atoms with Crippen LogP contribution in [0.25, 0.3) is 10.4 Å². The van der Waals surface area contributed by atoms with Gasteiger partial charge in [0.25, 0.3) is 0 Å². The summed E-state index contributed by atoms with van der Waals surface area (Å²) in [5.74, 6) is -7.09. The Morgan fingerprint density at radius 3 is 2.30 bits per heavy atom. The molecule has 1 amide bonds. The van der Waals surface area contributed by atoms with Crippen LogP contribution in [0.4, 0.5) is 0 Å². The number of Topliss-reactive ketones (excluding diaryl/α,β-unsaturated/α-hetero) is 3. The Bertz CT molecular complexity index is 2060. The smallest absolute Gasteiger partial charge is 0.329 e. The highest BCUT2D eigenvalue weighted by atomic mass is 16.6. The molecule has 76 heavy (non-hydrogen) atoms. The van der Waals surface area contributed by atoms with Crippen molar-refractivity contribution in [1.29, 1.82) is 0 Å². The molecule has 3 fully saturated rings. The summed E-state index contributed by atoms with van der Waals surface area (Å²) in [5.41, 5.74) is 9.67. The van der Waals surface area contributed by atoms with Crippen molar-refractivity contribution in [3.8, 4) is 0 Å². The molecule has 2 bridgehead atoms. The van der Waals surface area contributed by atoms with Gasteiger partial charge in [0.05, 0.1) is 63.9 Å². The van der Waals surface area contributed by atoms with E-state index in [9.17, 15) is 39.3 Å². The van der Waals surface area contributed by atoms with Crippen LogP contribution in [0.5, 0.6) is 0 Å². The standard InChI is InChI=1S/C57H90N4O15/c1-36-15-11-10-12-16-37(2)48(74-28-27-73-26-25-72-24-22-59-60-58)33-44-20-18-42(7)57(69,76-44)51(64)35-52(65)61-23-14-13-17-45(61)56(68)75-49(39(4)31-43-19-21-46(62)50(32-43)70-8)34-47(63)38(3)30-41(6)54(67)55(71-9)53(66)40(5)29-36/h10-12,15-16,30,36,38-40,42-46,48-50,54-55,62,67,69H,13-14,17-29,31-35H2,1-9H3/b12-10+,15-11+,37-16+,41-30+/t36-,38-,39-,40-,42-,43+,44+,45+,46-,48?,49+,50-,54-,55+,57-/m1/s1. The molecule has 4 aliphatic rings. The van der Waals surface area contributed by atoms with Crippen LogP contribution in [0.2, 0.25) is 0 Å². The topological polar surface area (TPSA) is 263 Å². The Hall–Kier alpha value is -4.14. The highest BCUT2D eigenvalue weighted by Gasteiger charge is 2.49. The van der Waals surface area contributed by atoms with Crippen LogP contribution < -0.4 is 0 Å². The zero-order valence-electron chi connectivity index (χ0n) is 46.7. The maximum absolute atomic E-state index is 14.5. The predicted molar refractivity (Wildman–Crippen MR) is 284 cm³/mol. The monoisotopic (exact) mass is 1070 g/mol. The molecule has 0 aromatic rings. The highest BCUT2D eigenvalue weighted by molar-refractivity contribution is 6.02. The number of azide groups is 1. The normalized spacial score (nSPS) is 36.3. The summed E-state index contributed by atoms with van der Waals surface area (Å²) in [5, 5.41) is 37.6. The SMILES string of the molecule is CO[C@@H]1C[C@H](C[C@@H](C)[C@@H]2CC(=O)[C@H](C)/C=C(\C)[C@@H](O)[C@@H](OC)C(=O)[C@H](C)C[C@H](C)/C=C/C=C/C=C(\C)C(OCCOCCOCCN=[N+]=[N-])C[C@@H]3CC[C@@H](C)[C@@](O)(O3)C(=O)CC(=O)N3CCCC[C@H]3C(=O)O2)CC[C@H]1O. The molecule has 4 rings (SSSR count). The second kappa shape index (κ2) is 32.7. The van der Waals surface area contributed by atoms with Crippen molar-refractivity contribution in [3.63, 3.8) is 0 Å². The van der Waals surface area contributed by atoms with E-state index in [1.54, 1.807) is 40.9 Å². The Morgan fingerprint density at radius 2 is 1.59 bits per heavy atom. The Balaban J connectivity index is 1.65. The first-order valence-corrected chi connectivity index (χ1v) is 27.6. The van der Waals surface area contributed by atoms with E-state index in [1.165, 1.54) is 12.0 Å². The van der Waals surface area contributed by atoms with Crippen LogP contribution in [-0.2, 0) is 57.1 Å². The van der Waals surface area contributed by atoms with E-state index in [2.05, 4.69) is 10.0 Å². The van der Waals surface area contributed by atoms with Crippen LogP contribution in [0.15, 0.2) is 52.7 Å². The van der Waals surface area contributed by atoms with Crippen molar-refractivity contribution in [3.05, 3.63) is 58.0 Å². The van der Waals surface area contributed by atoms with Crippen LogP contribution >= 0.6 is 0 Å². The molecule has 3 aliphatic heterocycles. The summed E-state index contributed by atoms with van der Waals surface area (Å²) in [4.78, 5) is 75.0. The van der Waals surface area contributed by atoms with Gasteiger partial charge in [-0.2, -0.15) is 0 Å². The van der Waals surface area contributed by atoms with Gasteiger partial charge >= 0.3 is 5.97 Å². The zero-order chi connectivity index (χ0) is 56.0. The first-order chi connectivity index (χ1) is 36.2. The molecule has 2 saturated heterocycles. The van der Waals surface area contributed by atoms with Gasteiger partial charge in [0, 0.05) is 62.8 Å². The molecule has 0 aromatic heterocycles. The van der Waals surface area contributed by atoms with Crippen LogP contribution in [0.3, 0.4) is 0 Å². The van der Waals surface area contributed by atoms with E-state index < -0.39 is 90.3 Å². The first kappa shape index (κ1) is 64.4. The van der Waals surface area contributed by atoms with E-state index in [0.717, 1.165) is 12.0 Å². The fourth-order valence-electron chi connectivity index (χ4n) is 11.0. The van der Waals surface area contributed by atoms with Gasteiger partial charge in [-0.05, 0) is 112 Å². The van der Waals surface area contributed by atoms with Crippen LogP contribution in [0.1, 0.15) is 132 Å². The molecule has 0 aromatic carbocycles.